The third kappa shape index (κ3) is 3.77. The van der Waals surface area contributed by atoms with E-state index in [1.165, 1.54) is 11.1 Å². The van der Waals surface area contributed by atoms with Crippen LogP contribution in [0.4, 0.5) is 0 Å². The van der Waals surface area contributed by atoms with Crippen molar-refractivity contribution < 1.29 is 9.47 Å². The highest BCUT2D eigenvalue weighted by molar-refractivity contribution is 5.97. The van der Waals surface area contributed by atoms with Crippen molar-refractivity contribution in [2.45, 2.75) is 20.8 Å². The summed E-state index contributed by atoms with van der Waals surface area (Å²) in [4.78, 5) is 0. The number of allylic oxidation sites excluding steroid dienone is 1. The molecule has 4 rings (SSSR count). The molecule has 150 valence electrons. The molecule has 0 bridgehead atoms. The number of fused-ring (bicyclic) bond motifs is 1. The average molecular weight is 396 g/mol. The number of hydrogen-bond donors (Lipinski definition) is 0. The van der Waals surface area contributed by atoms with Crippen molar-refractivity contribution in [3.63, 3.8) is 0 Å². The standard InChI is InChI=1S/C26H24N2O2/c1-5-8-19-12-14-23(24(16-19)29-4)30-26-22-10-7-6-9-21(22)25(27-28-26)20-13-11-17(2)18(3)15-20/h5-16H,1-4H3/b8-5+. The molecule has 0 radical (unpaired) electrons. The molecule has 0 N–H and O–H groups in total. The molecular weight excluding hydrogens is 372 g/mol. The van der Waals surface area contributed by atoms with Gasteiger partial charge in [0.15, 0.2) is 11.5 Å². The highest BCUT2D eigenvalue weighted by Crippen LogP contribution is 2.37. The number of rotatable bonds is 5. The molecule has 0 fully saturated rings. The third-order valence-electron chi connectivity index (χ3n) is 5.19. The largest absolute Gasteiger partial charge is 0.493 e. The van der Waals surface area contributed by atoms with Crippen molar-refractivity contribution in [2.75, 3.05) is 7.11 Å². The van der Waals surface area contributed by atoms with E-state index in [1.807, 2.05) is 61.5 Å². The summed E-state index contributed by atoms with van der Waals surface area (Å²) in [5, 5.41) is 10.8. The van der Waals surface area contributed by atoms with Crippen LogP contribution in [0.1, 0.15) is 23.6 Å². The monoisotopic (exact) mass is 396 g/mol. The number of methoxy groups -OCH3 is 1. The molecule has 1 aromatic heterocycles. The first-order valence-corrected chi connectivity index (χ1v) is 9.92. The molecule has 1 heterocycles. The maximum Gasteiger partial charge on any atom is 0.246 e. The van der Waals surface area contributed by atoms with Crippen molar-refractivity contribution >= 4 is 16.8 Å². The van der Waals surface area contributed by atoms with Gasteiger partial charge in [-0.2, -0.15) is 0 Å². The Kier molecular flexibility index (Phi) is 5.48. The second-order valence-corrected chi connectivity index (χ2v) is 7.21. The number of hydrogen-bond acceptors (Lipinski definition) is 4. The number of nitrogens with zero attached hydrogens (tertiary/aromatic N) is 2. The Balaban J connectivity index is 1.79. The molecule has 3 aromatic carbocycles. The SMILES string of the molecule is C/C=C/c1ccc(Oc2nnc(-c3ccc(C)c(C)c3)c3ccccc23)c(OC)c1. The van der Waals surface area contributed by atoms with Gasteiger partial charge in [-0.05, 0) is 61.7 Å². The summed E-state index contributed by atoms with van der Waals surface area (Å²) in [7, 11) is 1.63. The van der Waals surface area contributed by atoms with Crippen molar-refractivity contribution in [1.82, 2.24) is 10.2 Å². The van der Waals surface area contributed by atoms with Crippen molar-refractivity contribution in [3.8, 4) is 28.6 Å². The van der Waals surface area contributed by atoms with E-state index in [2.05, 4.69) is 42.2 Å². The van der Waals surface area contributed by atoms with E-state index >= 15 is 0 Å². The Morgan fingerprint density at radius 3 is 2.33 bits per heavy atom. The van der Waals surface area contributed by atoms with Gasteiger partial charge in [0, 0.05) is 16.3 Å². The first kappa shape index (κ1) is 19.6. The first-order chi connectivity index (χ1) is 14.6. The maximum atomic E-state index is 6.16. The van der Waals surface area contributed by atoms with Crippen LogP contribution in [0.5, 0.6) is 17.4 Å². The smallest absolute Gasteiger partial charge is 0.246 e. The van der Waals surface area contributed by atoms with Crippen LogP contribution in [-0.2, 0) is 0 Å². The van der Waals surface area contributed by atoms with Crippen LogP contribution in [0.15, 0.2) is 66.7 Å². The van der Waals surface area contributed by atoms with E-state index < -0.39 is 0 Å². The molecule has 0 unspecified atom stereocenters. The molecule has 0 saturated carbocycles. The van der Waals surface area contributed by atoms with Gasteiger partial charge < -0.3 is 9.47 Å². The zero-order chi connectivity index (χ0) is 21.1. The van der Waals surface area contributed by atoms with Crippen molar-refractivity contribution in [3.05, 3.63) is 83.4 Å². The van der Waals surface area contributed by atoms with Gasteiger partial charge in [-0.1, -0.05) is 48.6 Å². The summed E-state index contributed by atoms with van der Waals surface area (Å²) in [6, 6.07) is 20.2. The van der Waals surface area contributed by atoms with Crippen LogP contribution >= 0.6 is 0 Å². The Morgan fingerprint density at radius 2 is 1.60 bits per heavy atom. The zero-order valence-electron chi connectivity index (χ0n) is 17.6. The second-order valence-electron chi connectivity index (χ2n) is 7.21. The summed E-state index contributed by atoms with van der Waals surface area (Å²) < 4.78 is 11.7. The van der Waals surface area contributed by atoms with Crippen LogP contribution in [0.25, 0.3) is 28.1 Å². The Hall–Kier alpha value is -3.66. The Labute approximate surface area is 176 Å². The lowest BCUT2D eigenvalue weighted by Crippen LogP contribution is -1.98. The van der Waals surface area contributed by atoms with E-state index in [1.54, 1.807) is 7.11 Å². The predicted octanol–water partition coefficient (Wildman–Crippen LogP) is 6.75. The van der Waals surface area contributed by atoms with Gasteiger partial charge in [-0.25, -0.2) is 0 Å². The minimum Gasteiger partial charge on any atom is -0.493 e. The highest BCUT2D eigenvalue weighted by atomic mass is 16.5. The molecule has 0 aliphatic carbocycles. The minimum absolute atomic E-state index is 0.454. The lowest BCUT2D eigenvalue weighted by molar-refractivity contribution is 0.374. The quantitative estimate of drug-likeness (QED) is 0.374. The van der Waals surface area contributed by atoms with E-state index in [0.717, 1.165) is 27.6 Å². The summed E-state index contributed by atoms with van der Waals surface area (Å²) in [5.41, 5.74) is 5.41. The van der Waals surface area contributed by atoms with Crippen LogP contribution in [0.3, 0.4) is 0 Å². The summed E-state index contributed by atoms with van der Waals surface area (Å²) in [6.45, 7) is 6.19. The van der Waals surface area contributed by atoms with Gasteiger partial charge in [0.25, 0.3) is 0 Å². The van der Waals surface area contributed by atoms with Gasteiger partial charge in [-0.15, -0.1) is 10.2 Å². The fourth-order valence-corrected chi connectivity index (χ4v) is 3.43. The highest BCUT2D eigenvalue weighted by Gasteiger charge is 2.15. The van der Waals surface area contributed by atoms with Crippen LogP contribution in [0, 0.1) is 13.8 Å². The summed E-state index contributed by atoms with van der Waals surface area (Å²) in [6.07, 6.45) is 4.00. The second kappa shape index (κ2) is 8.37. The number of ether oxygens (including phenoxy) is 2. The van der Waals surface area contributed by atoms with E-state index in [-0.39, 0.29) is 0 Å². The van der Waals surface area contributed by atoms with Gasteiger partial charge in [-0.3, -0.25) is 0 Å². The van der Waals surface area contributed by atoms with Gasteiger partial charge in [0.1, 0.15) is 5.69 Å². The van der Waals surface area contributed by atoms with E-state index in [9.17, 15) is 0 Å². The summed E-state index contributed by atoms with van der Waals surface area (Å²) >= 11 is 0. The molecule has 0 atom stereocenters. The Bertz CT molecular complexity index is 1250. The molecule has 4 aromatic rings. The lowest BCUT2D eigenvalue weighted by Gasteiger charge is -2.13. The molecule has 0 saturated heterocycles. The van der Waals surface area contributed by atoms with Crippen molar-refractivity contribution in [2.24, 2.45) is 0 Å². The van der Waals surface area contributed by atoms with Crippen LogP contribution in [-0.4, -0.2) is 17.3 Å². The molecule has 0 spiro atoms. The van der Waals surface area contributed by atoms with Gasteiger partial charge in [0.05, 0.1) is 7.11 Å². The zero-order valence-corrected chi connectivity index (χ0v) is 17.6. The molecule has 30 heavy (non-hydrogen) atoms. The van der Waals surface area contributed by atoms with E-state index in [0.29, 0.717) is 17.4 Å². The number of benzene rings is 3. The average Bonchev–Trinajstić information content (AvgIpc) is 2.77. The molecule has 4 heteroatoms. The fourth-order valence-electron chi connectivity index (χ4n) is 3.43. The maximum absolute atomic E-state index is 6.16. The summed E-state index contributed by atoms with van der Waals surface area (Å²) in [5.74, 6) is 1.70. The number of aryl methyl sites for hydroxylation is 2. The minimum atomic E-state index is 0.454. The molecule has 0 aliphatic heterocycles. The first-order valence-electron chi connectivity index (χ1n) is 9.92. The predicted molar refractivity (Wildman–Crippen MR) is 122 cm³/mol. The van der Waals surface area contributed by atoms with E-state index in [4.69, 9.17) is 9.47 Å². The van der Waals surface area contributed by atoms with Gasteiger partial charge >= 0.3 is 0 Å². The van der Waals surface area contributed by atoms with Crippen LogP contribution < -0.4 is 9.47 Å². The third-order valence-corrected chi connectivity index (χ3v) is 5.19. The van der Waals surface area contributed by atoms with Gasteiger partial charge in [0.2, 0.25) is 5.88 Å². The number of aromatic nitrogens is 2. The van der Waals surface area contributed by atoms with Crippen molar-refractivity contribution in [1.29, 1.82) is 0 Å². The Morgan fingerprint density at radius 1 is 0.800 bits per heavy atom. The molecule has 0 amide bonds. The topological polar surface area (TPSA) is 44.2 Å². The molecule has 0 aliphatic rings. The van der Waals surface area contributed by atoms with Crippen LogP contribution in [0.2, 0.25) is 0 Å². The lowest BCUT2D eigenvalue weighted by atomic mass is 10.0. The fraction of sp³-hybridized carbons (Fsp3) is 0.154. The normalized spacial score (nSPS) is 11.2. The molecule has 4 nitrogen and oxygen atoms in total. The molecular formula is C26H24N2O2.